The van der Waals surface area contributed by atoms with E-state index in [0.29, 0.717) is 6.04 Å². The van der Waals surface area contributed by atoms with Crippen molar-refractivity contribution >= 4 is 17.3 Å². The molecule has 2 rings (SSSR count). The van der Waals surface area contributed by atoms with E-state index in [1.54, 1.807) is 0 Å². The number of benzene rings is 1. The smallest absolute Gasteiger partial charge is 0.0642 e. The van der Waals surface area contributed by atoms with E-state index in [-0.39, 0.29) is 0 Å². The molecule has 0 radical (unpaired) electrons. The van der Waals surface area contributed by atoms with E-state index in [1.807, 2.05) is 6.07 Å². The topological polar surface area (TPSA) is 3.24 Å². The molecule has 1 nitrogen and oxygen atoms in total. The van der Waals surface area contributed by atoms with E-state index >= 15 is 0 Å². The minimum Gasteiger partial charge on any atom is -0.367 e. The largest absolute Gasteiger partial charge is 0.367 e. The maximum absolute atomic E-state index is 6.35. The second kappa shape index (κ2) is 5.09. The average molecular weight is 238 g/mol. The Labute approximate surface area is 103 Å². The Balaban J connectivity index is 2.38. The SMILES string of the molecule is CCC(CC)N1CCCc2cccc(Cl)c21. The van der Waals surface area contributed by atoms with Crippen molar-refractivity contribution in [3.8, 4) is 0 Å². The second-order valence-electron chi connectivity index (χ2n) is 4.51. The summed E-state index contributed by atoms with van der Waals surface area (Å²) in [4.78, 5) is 2.52. The molecule has 0 unspecified atom stereocenters. The van der Waals surface area contributed by atoms with Crippen LogP contribution in [0, 0.1) is 0 Å². The average Bonchev–Trinajstić information content (AvgIpc) is 2.31. The van der Waals surface area contributed by atoms with Gasteiger partial charge in [-0.3, -0.25) is 0 Å². The molecule has 0 N–H and O–H groups in total. The molecule has 0 aliphatic carbocycles. The van der Waals surface area contributed by atoms with Gasteiger partial charge in [-0.2, -0.15) is 0 Å². The van der Waals surface area contributed by atoms with Crippen molar-refractivity contribution in [1.29, 1.82) is 0 Å². The summed E-state index contributed by atoms with van der Waals surface area (Å²) in [5.41, 5.74) is 2.72. The highest BCUT2D eigenvalue weighted by atomic mass is 35.5. The predicted octanol–water partition coefficient (Wildman–Crippen LogP) is 4.28. The number of hydrogen-bond donors (Lipinski definition) is 0. The molecule has 1 aromatic rings. The van der Waals surface area contributed by atoms with Crippen molar-refractivity contribution in [1.82, 2.24) is 0 Å². The number of rotatable bonds is 3. The van der Waals surface area contributed by atoms with Crippen LogP contribution in [0.5, 0.6) is 0 Å². The molecule has 0 bridgehead atoms. The maximum Gasteiger partial charge on any atom is 0.0642 e. The van der Waals surface area contributed by atoms with E-state index in [4.69, 9.17) is 11.6 Å². The molecule has 0 spiro atoms. The van der Waals surface area contributed by atoms with Gasteiger partial charge in [0.1, 0.15) is 0 Å². The Morgan fingerprint density at radius 1 is 1.31 bits per heavy atom. The zero-order valence-corrected chi connectivity index (χ0v) is 10.9. The van der Waals surface area contributed by atoms with Crippen molar-refractivity contribution in [3.63, 3.8) is 0 Å². The third kappa shape index (κ3) is 2.06. The van der Waals surface area contributed by atoms with E-state index in [0.717, 1.165) is 11.6 Å². The Hall–Kier alpha value is -0.690. The van der Waals surface area contributed by atoms with Gasteiger partial charge in [-0.25, -0.2) is 0 Å². The van der Waals surface area contributed by atoms with Gasteiger partial charge in [0.15, 0.2) is 0 Å². The zero-order chi connectivity index (χ0) is 11.5. The molecular formula is C14H20ClN. The molecule has 0 aromatic heterocycles. The minimum atomic E-state index is 0.638. The summed E-state index contributed by atoms with van der Waals surface area (Å²) in [6.07, 6.45) is 4.82. The Bertz CT molecular complexity index is 358. The lowest BCUT2D eigenvalue weighted by Gasteiger charge is -2.38. The highest BCUT2D eigenvalue weighted by molar-refractivity contribution is 6.33. The molecule has 1 aliphatic rings. The second-order valence-corrected chi connectivity index (χ2v) is 4.92. The molecule has 0 saturated heterocycles. The van der Waals surface area contributed by atoms with Gasteiger partial charge in [0.2, 0.25) is 0 Å². The van der Waals surface area contributed by atoms with Gasteiger partial charge in [0.25, 0.3) is 0 Å². The number of halogens is 1. The summed E-state index contributed by atoms with van der Waals surface area (Å²) in [7, 11) is 0. The Morgan fingerprint density at radius 2 is 2.06 bits per heavy atom. The standard InChI is InChI=1S/C14H20ClN/c1-3-12(4-2)16-10-6-8-11-7-5-9-13(15)14(11)16/h5,7,9,12H,3-4,6,8,10H2,1-2H3. The molecule has 2 heteroatoms. The number of anilines is 1. The van der Waals surface area contributed by atoms with Gasteiger partial charge in [-0.15, -0.1) is 0 Å². The van der Waals surface area contributed by atoms with Crippen molar-refractivity contribution in [2.24, 2.45) is 0 Å². The van der Waals surface area contributed by atoms with Gasteiger partial charge in [-0.05, 0) is 37.3 Å². The maximum atomic E-state index is 6.35. The van der Waals surface area contributed by atoms with Crippen molar-refractivity contribution in [2.45, 2.75) is 45.6 Å². The highest BCUT2D eigenvalue weighted by Crippen LogP contribution is 2.36. The number of para-hydroxylation sites is 1. The van der Waals surface area contributed by atoms with Crippen LogP contribution >= 0.6 is 11.6 Å². The van der Waals surface area contributed by atoms with Gasteiger partial charge in [-0.1, -0.05) is 37.6 Å². The third-order valence-electron chi connectivity index (χ3n) is 3.59. The summed E-state index contributed by atoms with van der Waals surface area (Å²) in [5, 5.41) is 0.920. The van der Waals surface area contributed by atoms with Gasteiger partial charge in [0.05, 0.1) is 10.7 Å². The van der Waals surface area contributed by atoms with Crippen LogP contribution in [0.15, 0.2) is 18.2 Å². The van der Waals surface area contributed by atoms with Gasteiger partial charge in [0, 0.05) is 12.6 Å². The van der Waals surface area contributed by atoms with Crippen molar-refractivity contribution in [2.75, 3.05) is 11.4 Å². The first-order valence-corrected chi connectivity index (χ1v) is 6.69. The van der Waals surface area contributed by atoms with Gasteiger partial charge >= 0.3 is 0 Å². The lowest BCUT2D eigenvalue weighted by atomic mass is 9.98. The zero-order valence-electron chi connectivity index (χ0n) is 10.2. The first kappa shape index (κ1) is 11.8. The molecule has 0 saturated carbocycles. The monoisotopic (exact) mass is 237 g/mol. The van der Waals surface area contributed by atoms with Crippen LogP contribution in [-0.2, 0) is 6.42 Å². The lowest BCUT2D eigenvalue weighted by molar-refractivity contribution is 0.533. The molecule has 1 aromatic carbocycles. The molecule has 88 valence electrons. The predicted molar refractivity (Wildman–Crippen MR) is 71.5 cm³/mol. The Kier molecular flexibility index (Phi) is 3.75. The number of nitrogens with zero attached hydrogens (tertiary/aromatic N) is 1. The lowest BCUT2D eigenvalue weighted by Crippen LogP contribution is -2.38. The normalized spacial score (nSPS) is 15.4. The fraction of sp³-hybridized carbons (Fsp3) is 0.571. The molecule has 16 heavy (non-hydrogen) atoms. The summed E-state index contributed by atoms with van der Waals surface area (Å²) in [5.74, 6) is 0. The van der Waals surface area contributed by atoms with Crippen LogP contribution in [0.25, 0.3) is 0 Å². The van der Waals surface area contributed by atoms with Crippen LogP contribution < -0.4 is 4.90 Å². The quantitative estimate of drug-likeness (QED) is 0.759. The summed E-state index contributed by atoms with van der Waals surface area (Å²) in [6, 6.07) is 6.94. The third-order valence-corrected chi connectivity index (χ3v) is 3.89. The van der Waals surface area contributed by atoms with Crippen molar-refractivity contribution in [3.05, 3.63) is 28.8 Å². The van der Waals surface area contributed by atoms with Gasteiger partial charge < -0.3 is 4.90 Å². The molecule has 1 heterocycles. The van der Waals surface area contributed by atoms with Crippen LogP contribution in [-0.4, -0.2) is 12.6 Å². The van der Waals surface area contributed by atoms with Crippen LogP contribution in [0.3, 0.4) is 0 Å². The van der Waals surface area contributed by atoms with Crippen LogP contribution in [0.1, 0.15) is 38.7 Å². The summed E-state index contributed by atoms with van der Waals surface area (Å²) < 4.78 is 0. The van der Waals surface area contributed by atoms with E-state index in [1.165, 1.54) is 36.9 Å². The minimum absolute atomic E-state index is 0.638. The highest BCUT2D eigenvalue weighted by Gasteiger charge is 2.23. The molecule has 0 atom stereocenters. The summed E-state index contributed by atoms with van der Waals surface area (Å²) in [6.45, 7) is 5.68. The fourth-order valence-electron chi connectivity index (χ4n) is 2.73. The van der Waals surface area contributed by atoms with E-state index in [9.17, 15) is 0 Å². The molecular weight excluding hydrogens is 218 g/mol. The molecule has 1 aliphatic heterocycles. The molecule has 0 amide bonds. The first-order valence-electron chi connectivity index (χ1n) is 6.32. The first-order chi connectivity index (χ1) is 7.77. The molecule has 0 fully saturated rings. The van der Waals surface area contributed by atoms with Crippen LogP contribution in [0.2, 0.25) is 5.02 Å². The number of aryl methyl sites for hydroxylation is 1. The fourth-order valence-corrected chi connectivity index (χ4v) is 3.03. The van der Waals surface area contributed by atoms with Crippen molar-refractivity contribution < 1.29 is 0 Å². The van der Waals surface area contributed by atoms with Crippen LogP contribution in [0.4, 0.5) is 5.69 Å². The number of fused-ring (bicyclic) bond motifs is 1. The Morgan fingerprint density at radius 3 is 2.75 bits per heavy atom. The summed E-state index contributed by atoms with van der Waals surface area (Å²) >= 11 is 6.35. The van der Waals surface area contributed by atoms with E-state index < -0.39 is 0 Å². The van der Waals surface area contributed by atoms with E-state index in [2.05, 4.69) is 30.9 Å². The number of hydrogen-bond acceptors (Lipinski definition) is 1.